The van der Waals surface area contributed by atoms with E-state index in [1.54, 1.807) is 20.3 Å². The summed E-state index contributed by atoms with van der Waals surface area (Å²) in [7, 11) is 3.21. The molecule has 6 heteroatoms. The van der Waals surface area contributed by atoms with Crippen molar-refractivity contribution in [2.75, 3.05) is 40.5 Å². The minimum absolute atomic E-state index is 0.114. The number of nitrogens with one attached hydrogen (secondary N) is 2. The number of ether oxygens (including phenoxy) is 3. The first kappa shape index (κ1) is 16.4. The lowest BCUT2D eigenvalue weighted by atomic mass is 10.1. The van der Waals surface area contributed by atoms with Crippen molar-refractivity contribution in [3.63, 3.8) is 0 Å². The highest BCUT2D eigenvalue weighted by Gasteiger charge is 2.21. The van der Waals surface area contributed by atoms with E-state index >= 15 is 0 Å². The third-order valence-corrected chi connectivity index (χ3v) is 3.65. The predicted octanol–water partition coefficient (Wildman–Crippen LogP) is 1.20. The molecule has 0 spiro atoms. The number of rotatable bonds is 8. The van der Waals surface area contributed by atoms with Crippen molar-refractivity contribution in [3.8, 4) is 17.2 Å². The molecule has 1 saturated heterocycles. The largest absolute Gasteiger partial charge is 0.496 e. The van der Waals surface area contributed by atoms with E-state index in [1.807, 2.05) is 12.1 Å². The second-order valence-electron chi connectivity index (χ2n) is 5.23. The van der Waals surface area contributed by atoms with Crippen LogP contribution in [-0.2, 0) is 4.79 Å². The number of methoxy groups -OCH3 is 2. The quantitative estimate of drug-likeness (QED) is 0.706. The number of carbonyl (C=O) groups excluding carboxylic acids is 1. The molecule has 1 amide bonds. The molecule has 1 unspecified atom stereocenters. The van der Waals surface area contributed by atoms with Gasteiger partial charge in [0.25, 0.3) is 0 Å². The van der Waals surface area contributed by atoms with Gasteiger partial charge in [0.05, 0.1) is 26.7 Å². The van der Waals surface area contributed by atoms with Crippen molar-refractivity contribution in [2.45, 2.75) is 12.8 Å². The number of benzene rings is 1. The van der Waals surface area contributed by atoms with Crippen LogP contribution in [0.5, 0.6) is 17.2 Å². The molecule has 6 nitrogen and oxygen atoms in total. The van der Waals surface area contributed by atoms with Gasteiger partial charge in [-0.2, -0.15) is 0 Å². The Morgan fingerprint density at radius 3 is 2.50 bits per heavy atom. The third-order valence-electron chi connectivity index (χ3n) is 3.65. The van der Waals surface area contributed by atoms with Gasteiger partial charge in [-0.25, -0.2) is 0 Å². The van der Waals surface area contributed by atoms with Crippen LogP contribution < -0.4 is 24.8 Å². The zero-order valence-corrected chi connectivity index (χ0v) is 13.2. The topological polar surface area (TPSA) is 68.8 Å². The molecule has 1 aromatic carbocycles. The summed E-state index contributed by atoms with van der Waals surface area (Å²) in [4.78, 5) is 11.8. The molecule has 0 bridgehead atoms. The lowest BCUT2D eigenvalue weighted by Crippen LogP contribution is -2.33. The average molecular weight is 308 g/mol. The Labute approximate surface area is 131 Å². The number of hydrogen-bond acceptors (Lipinski definition) is 5. The molecule has 2 rings (SSSR count). The molecule has 0 aliphatic carbocycles. The molecule has 1 atom stereocenters. The number of carbonyl (C=O) groups is 1. The van der Waals surface area contributed by atoms with Crippen molar-refractivity contribution in [2.24, 2.45) is 5.92 Å². The first-order chi connectivity index (χ1) is 10.7. The monoisotopic (exact) mass is 308 g/mol. The van der Waals surface area contributed by atoms with E-state index in [4.69, 9.17) is 14.2 Å². The molecule has 1 aliphatic rings. The molecule has 1 aromatic rings. The molecule has 0 saturated carbocycles. The number of hydrogen-bond donors (Lipinski definition) is 2. The van der Waals surface area contributed by atoms with Crippen molar-refractivity contribution in [3.05, 3.63) is 18.2 Å². The van der Waals surface area contributed by atoms with Crippen LogP contribution in [0.3, 0.4) is 0 Å². The van der Waals surface area contributed by atoms with Crippen LogP contribution in [0, 0.1) is 5.92 Å². The second kappa shape index (κ2) is 8.48. The van der Waals surface area contributed by atoms with E-state index in [9.17, 15) is 4.79 Å². The van der Waals surface area contributed by atoms with Gasteiger partial charge >= 0.3 is 0 Å². The normalized spacial score (nSPS) is 17.1. The zero-order valence-electron chi connectivity index (χ0n) is 13.2. The van der Waals surface area contributed by atoms with E-state index in [-0.39, 0.29) is 11.8 Å². The Hall–Kier alpha value is -1.95. The third kappa shape index (κ3) is 4.80. The zero-order chi connectivity index (χ0) is 15.8. The van der Waals surface area contributed by atoms with Crippen LogP contribution in [0.2, 0.25) is 0 Å². The molecule has 0 aromatic heterocycles. The first-order valence-electron chi connectivity index (χ1n) is 7.57. The second-order valence-corrected chi connectivity index (χ2v) is 5.23. The smallest absolute Gasteiger partial charge is 0.224 e. The van der Waals surface area contributed by atoms with Crippen molar-refractivity contribution in [1.82, 2.24) is 10.6 Å². The summed E-state index contributed by atoms with van der Waals surface area (Å²) >= 11 is 0. The van der Waals surface area contributed by atoms with E-state index in [0.717, 1.165) is 25.9 Å². The van der Waals surface area contributed by atoms with Crippen LogP contribution >= 0.6 is 0 Å². The van der Waals surface area contributed by atoms with E-state index in [0.29, 0.717) is 30.4 Å². The van der Waals surface area contributed by atoms with Crippen molar-refractivity contribution < 1.29 is 19.0 Å². The van der Waals surface area contributed by atoms with Crippen LogP contribution in [0.15, 0.2) is 18.2 Å². The van der Waals surface area contributed by atoms with Gasteiger partial charge in [0, 0.05) is 31.3 Å². The molecular weight excluding hydrogens is 284 g/mol. The Kier molecular flexibility index (Phi) is 6.33. The summed E-state index contributed by atoms with van der Waals surface area (Å²) < 4.78 is 16.1. The van der Waals surface area contributed by atoms with Gasteiger partial charge in [-0.15, -0.1) is 0 Å². The van der Waals surface area contributed by atoms with Crippen LogP contribution in [0.25, 0.3) is 0 Å². The molecule has 2 N–H and O–H groups in total. The fourth-order valence-corrected chi connectivity index (χ4v) is 2.36. The summed E-state index contributed by atoms with van der Waals surface area (Å²) in [6, 6.07) is 5.42. The minimum Gasteiger partial charge on any atom is -0.496 e. The lowest BCUT2D eigenvalue weighted by molar-refractivity contribution is -0.124. The maximum Gasteiger partial charge on any atom is 0.224 e. The van der Waals surface area contributed by atoms with E-state index in [1.165, 1.54) is 0 Å². The highest BCUT2D eigenvalue weighted by Crippen LogP contribution is 2.27. The SMILES string of the molecule is COc1cc(OC)cc(OCCCNC(=O)C2CCNC2)c1. The fraction of sp³-hybridized carbons (Fsp3) is 0.562. The van der Waals surface area contributed by atoms with Crippen molar-refractivity contribution >= 4 is 5.91 Å². The van der Waals surface area contributed by atoms with Gasteiger partial charge in [0.15, 0.2) is 0 Å². The fourth-order valence-electron chi connectivity index (χ4n) is 2.36. The molecule has 1 fully saturated rings. The highest BCUT2D eigenvalue weighted by molar-refractivity contribution is 5.79. The Morgan fingerprint density at radius 2 is 1.91 bits per heavy atom. The first-order valence-corrected chi connectivity index (χ1v) is 7.57. The van der Waals surface area contributed by atoms with Crippen LogP contribution in [0.1, 0.15) is 12.8 Å². The highest BCUT2D eigenvalue weighted by atomic mass is 16.5. The summed E-state index contributed by atoms with van der Waals surface area (Å²) in [5.41, 5.74) is 0. The minimum atomic E-state index is 0.114. The maximum absolute atomic E-state index is 11.8. The van der Waals surface area contributed by atoms with Crippen LogP contribution in [-0.4, -0.2) is 46.4 Å². The summed E-state index contributed by atoms with van der Waals surface area (Å²) in [5, 5.41) is 6.14. The molecule has 1 aliphatic heterocycles. The van der Waals surface area contributed by atoms with E-state index < -0.39 is 0 Å². The van der Waals surface area contributed by atoms with Crippen LogP contribution in [0.4, 0.5) is 0 Å². The van der Waals surface area contributed by atoms with Gasteiger partial charge in [0.2, 0.25) is 5.91 Å². The molecule has 0 radical (unpaired) electrons. The van der Waals surface area contributed by atoms with Gasteiger partial charge in [0.1, 0.15) is 17.2 Å². The molecule has 22 heavy (non-hydrogen) atoms. The standard InChI is InChI=1S/C16H24N2O4/c1-20-13-8-14(21-2)10-15(9-13)22-7-3-5-18-16(19)12-4-6-17-11-12/h8-10,12,17H,3-7,11H2,1-2H3,(H,18,19). The van der Waals surface area contributed by atoms with Crippen molar-refractivity contribution in [1.29, 1.82) is 0 Å². The van der Waals surface area contributed by atoms with Gasteiger partial charge in [-0.3, -0.25) is 4.79 Å². The average Bonchev–Trinajstić information content (AvgIpc) is 3.08. The molecule has 1 heterocycles. The van der Waals surface area contributed by atoms with E-state index in [2.05, 4.69) is 10.6 Å². The number of amides is 1. The van der Waals surface area contributed by atoms with Gasteiger partial charge in [-0.1, -0.05) is 0 Å². The molecule has 122 valence electrons. The van der Waals surface area contributed by atoms with Gasteiger partial charge in [-0.05, 0) is 19.4 Å². The summed E-state index contributed by atoms with van der Waals surface area (Å²) in [6.45, 7) is 2.86. The summed E-state index contributed by atoms with van der Waals surface area (Å²) in [6.07, 6.45) is 1.68. The molecular formula is C16H24N2O4. The Morgan fingerprint density at radius 1 is 1.23 bits per heavy atom. The summed E-state index contributed by atoms with van der Waals surface area (Å²) in [5.74, 6) is 2.33. The predicted molar refractivity (Wildman–Crippen MR) is 83.6 cm³/mol. The maximum atomic E-state index is 11.8. The van der Waals surface area contributed by atoms with Gasteiger partial charge < -0.3 is 24.8 Å². The Bertz CT molecular complexity index is 465. The lowest BCUT2D eigenvalue weighted by Gasteiger charge is -2.12. The Balaban J connectivity index is 1.68.